The van der Waals surface area contributed by atoms with Crippen LogP contribution in [0, 0.1) is 39.4 Å². The summed E-state index contributed by atoms with van der Waals surface area (Å²) in [5.74, 6) is -1.67. The van der Waals surface area contributed by atoms with E-state index in [2.05, 4.69) is 24.1 Å². The summed E-state index contributed by atoms with van der Waals surface area (Å²) in [6.07, 6.45) is -39.5. The molecule has 35 nitrogen and oxygen atoms in total. The van der Waals surface area contributed by atoms with Crippen LogP contribution in [-0.2, 0) is 100 Å². The average Bonchev–Trinajstić information content (AvgIpc) is 1.51. The summed E-state index contributed by atoms with van der Waals surface area (Å²) in [5, 5.41) is 134. The van der Waals surface area contributed by atoms with E-state index in [1.165, 1.54) is 13.8 Å². The van der Waals surface area contributed by atoms with Crippen molar-refractivity contribution >= 4 is 32.7 Å². The zero-order valence-corrected chi connectivity index (χ0v) is 58.0. The SMILES string of the molecule is COC1C(O)C(COS(=O)(=O)O)OC(OC2C(O)C(CO)OC(OC3C(C)OC(OC4C(OC5CCC6(C)C7CCC89C(=O)OC(C)(CC=CC(C)(C)O)C8C(OC(C)=O)CC9(C)C7=CCC6C5(C)C)OCC(OS(=O)(=O)O)C4O)C(OC4OC(CO)C(O)C(O)C4O)C3O)C2O)C1O. The molecule has 14 N–H and O–H groups in total. The molecule has 33 unspecified atom stereocenters. The zero-order chi connectivity index (χ0) is 73.0. The van der Waals surface area contributed by atoms with Crippen molar-refractivity contribution in [3.8, 4) is 0 Å². The number of methoxy groups -OCH3 is 1. The Kier molecular flexibility index (Phi) is 23.2. The Hall–Kier alpha value is -2.76. The molecule has 568 valence electrons. The van der Waals surface area contributed by atoms with Gasteiger partial charge in [0.15, 0.2) is 31.5 Å². The third kappa shape index (κ3) is 15.0. The fourth-order valence-electron chi connectivity index (χ4n) is 18.0. The summed E-state index contributed by atoms with van der Waals surface area (Å²) in [4.78, 5) is 27.7. The second kappa shape index (κ2) is 29.2. The third-order valence-electron chi connectivity index (χ3n) is 22.7. The fraction of sp³-hybridized carbons (Fsp3) is 0.903. The molecule has 1 spiro atoms. The first-order chi connectivity index (χ1) is 46.0. The van der Waals surface area contributed by atoms with E-state index >= 15 is 0 Å². The number of ether oxygens (including phenoxy) is 13. The lowest BCUT2D eigenvalue weighted by atomic mass is 9.41. The average molecular weight is 1470 g/mol. The van der Waals surface area contributed by atoms with Gasteiger partial charge in [-0.1, -0.05) is 51.5 Å². The molecule has 10 aliphatic rings. The molecule has 6 saturated heterocycles. The molecule has 0 bridgehead atoms. The predicted octanol–water partition coefficient (Wildman–Crippen LogP) is -3.40. The number of carbonyl (C=O) groups excluding carboxylic acids is 2. The van der Waals surface area contributed by atoms with E-state index in [1.807, 2.05) is 20.8 Å². The quantitative estimate of drug-likeness (QED) is 0.0285. The maximum atomic E-state index is 14.8. The van der Waals surface area contributed by atoms with Crippen LogP contribution in [0.1, 0.15) is 107 Å². The number of aliphatic hydroxyl groups excluding tert-OH is 11. The van der Waals surface area contributed by atoms with E-state index in [4.69, 9.17) is 65.8 Å². The predicted molar refractivity (Wildman–Crippen MR) is 326 cm³/mol. The maximum absolute atomic E-state index is 14.8. The van der Waals surface area contributed by atoms with E-state index in [0.29, 0.717) is 38.5 Å². The lowest BCUT2D eigenvalue weighted by Gasteiger charge is -2.64. The Bertz CT molecular complexity index is 3150. The van der Waals surface area contributed by atoms with Crippen molar-refractivity contribution in [2.75, 3.05) is 33.5 Å². The van der Waals surface area contributed by atoms with Gasteiger partial charge in [-0.2, -0.15) is 16.8 Å². The molecule has 0 aromatic heterocycles. The Labute approximate surface area is 572 Å². The largest absolute Gasteiger partial charge is 0.462 e. The molecule has 0 aromatic carbocycles. The van der Waals surface area contributed by atoms with E-state index in [-0.39, 0.29) is 24.2 Å². The van der Waals surface area contributed by atoms with Crippen molar-refractivity contribution in [2.45, 2.75) is 278 Å². The highest BCUT2D eigenvalue weighted by atomic mass is 32.3. The molecule has 99 heavy (non-hydrogen) atoms. The molecule has 6 heterocycles. The first-order valence-electron chi connectivity index (χ1n) is 33.2. The summed E-state index contributed by atoms with van der Waals surface area (Å²) in [6.45, 7) is 12.2. The number of cyclic esters (lactones) is 1. The van der Waals surface area contributed by atoms with Crippen LogP contribution in [-0.4, -0.2) is 304 Å². The second-order valence-corrected chi connectivity index (χ2v) is 32.0. The van der Waals surface area contributed by atoms with Crippen LogP contribution >= 0.6 is 0 Å². The summed E-state index contributed by atoms with van der Waals surface area (Å²) < 4.78 is 155. The van der Waals surface area contributed by atoms with Crippen LogP contribution in [0.3, 0.4) is 0 Å². The first-order valence-corrected chi connectivity index (χ1v) is 35.9. The molecule has 33 atom stereocenters. The van der Waals surface area contributed by atoms with Crippen molar-refractivity contribution < 1.29 is 167 Å². The van der Waals surface area contributed by atoms with Crippen LogP contribution in [0.2, 0.25) is 0 Å². The monoisotopic (exact) mass is 1470 g/mol. The minimum Gasteiger partial charge on any atom is -0.462 e. The fourth-order valence-corrected chi connectivity index (χ4v) is 18.8. The number of allylic oxidation sites excluding steroid dienone is 2. The van der Waals surface area contributed by atoms with Crippen molar-refractivity contribution in [1.29, 1.82) is 0 Å². The van der Waals surface area contributed by atoms with Crippen molar-refractivity contribution in [1.82, 2.24) is 0 Å². The smallest absolute Gasteiger partial charge is 0.397 e. The van der Waals surface area contributed by atoms with Crippen LogP contribution in [0.4, 0.5) is 0 Å². The number of hydrogen-bond acceptors (Lipinski definition) is 33. The third-order valence-corrected chi connectivity index (χ3v) is 23.7. The Morgan fingerprint density at radius 2 is 1.24 bits per heavy atom. The molecule has 0 amide bonds. The van der Waals surface area contributed by atoms with E-state index in [0.717, 1.165) is 12.7 Å². The molecule has 37 heteroatoms. The maximum Gasteiger partial charge on any atom is 0.397 e. The van der Waals surface area contributed by atoms with E-state index in [9.17, 15) is 96.8 Å². The molecule has 4 aliphatic carbocycles. The molecule has 3 saturated carbocycles. The molecule has 9 fully saturated rings. The van der Waals surface area contributed by atoms with Gasteiger partial charge in [0.1, 0.15) is 122 Å². The number of carbonyl (C=O) groups is 2. The molecule has 0 aromatic rings. The standard InChI is InChI=1S/C62H98O35S2/c1-25-45(92-53-44(74)47(37(67)31(22-64)89-53)93-52-43(73)46(83-10)38(68)32(90-52)24-85-98(77,78)79)42(72)49(94-51-41(71)40(70)36(66)30(21-63)88-51)55(86-25)95-48-39(69)33(97-99(80,81)82)23-84-54(48)91-35-15-18-59(7)27-14-19-62-50(61(9,96-56(62)75)17-11-16-57(3,4)76)29(87-26(2)65)20-60(62,8)28(27)12-13-34(59)58(35,5)6/h11-12,16,25,27,29-55,63-64,66-74,76H,13-15,17-24H2,1-10H3,(H,77,78,79)(H,80,81,82). The van der Waals surface area contributed by atoms with Gasteiger partial charge in [0.2, 0.25) is 0 Å². The van der Waals surface area contributed by atoms with Crippen LogP contribution in [0.15, 0.2) is 23.8 Å². The van der Waals surface area contributed by atoms with E-state index in [1.54, 1.807) is 26.0 Å². The van der Waals surface area contributed by atoms with Gasteiger partial charge in [-0.3, -0.25) is 18.7 Å². The van der Waals surface area contributed by atoms with E-state index < -0.39 is 252 Å². The highest BCUT2D eigenvalue weighted by Crippen LogP contribution is 2.77. The molecule has 6 aliphatic heterocycles. The van der Waals surface area contributed by atoms with Gasteiger partial charge in [0.05, 0.1) is 55.6 Å². The topological polar surface area (TPSA) is 524 Å². The minimum absolute atomic E-state index is 0.0968. The Balaban J connectivity index is 0.926. The van der Waals surface area contributed by atoms with Gasteiger partial charge in [-0.25, -0.2) is 8.37 Å². The van der Waals surface area contributed by atoms with Crippen molar-refractivity contribution in [2.24, 2.45) is 39.4 Å². The number of aliphatic hydroxyl groups is 12. The summed E-state index contributed by atoms with van der Waals surface area (Å²) in [6, 6.07) is 0. The van der Waals surface area contributed by atoms with Crippen molar-refractivity contribution in [3.05, 3.63) is 23.8 Å². The normalized spacial score (nSPS) is 48.7. The van der Waals surface area contributed by atoms with Crippen LogP contribution in [0.25, 0.3) is 0 Å². The lowest BCUT2D eigenvalue weighted by molar-refractivity contribution is -0.406. The number of rotatable bonds is 22. The Morgan fingerprint density at radius 3 is 1.85 bits per heavy atom. The molecule has 10 rings (SSSR count). The van der Waals surface area contributed by atoms with Gasteiger partial charge in [-0.05, 0) is 88.9 Å². The van der Waals surface area contributed by atoms with Crippen LogP contribution in [0.5, 0.6) is 0 Å². The van der Waals surface area contributed by atoms with Gasteiger partial charge in [0, 0.05) is 25.9 Å². The Morgan fingerprint density at radius 1 is 0.667 bits per heavy atom. The van der Waals surface area contributed by atoms with Crippen LogP contribution < -0.4 is 0 Å². The lowest BCUT2D eigenvalue weighted by Crippen LogP contribution is -2.68. The molecular formula is C62H98O35S2. The summed E-state index contributed by atoms with van der Waals surface area (Å²) >= 11 is 0. The summed E-state index contributed by atoms with van der Waals surface area (Å²) in [7, 11) is -9.42. The van der Waals surface area contributed by atoms with Gasteiger partial charge < -0.3 is 123 Å². The second-order valence-electron chi connectivity index (χ2n) is 29.8. The van der Waals surface area contributed by atoms with Crippen molar-refractivity contribution in [3.63, 3.8) is 0 Å². The van der Waals surface area contributed by atoms with Gasteiger partial charge in [0.25, 0.3) is 0 Å². The number of esters is 2. The summed E-state index contributed by atoms with van der Waals surface area (Å²) in [5.41, 5.74) is -4.32. The highest BCUT2D eigenvalue weighted by molar-refractivity contribution is 7.81. The van der Waals surface area contributed by atoms with Gasteiger partial charge in [-0.15, -0.1) is 0 Å². The zero-order valence-electron chi connectivity index (χ0n) is 56.4. The first kappa shape index (κ1) is 78.8. The number of hydrogen-bond donors (Lipinski definition) is 14. The number of fused-ring (bicyclic) bond motifs is 4. The molecular weight excluding hydrogens is 1370 g/mol. The highest BCUT2D eigenvalue weighted by Gasteiger charge is 2.79. The minimum atomic E-state index is -5.35. The van der Waals surface area contributed by atoms with Gasteiger partial charge >= 0.3 is 32.7 Å². The molecule has 0 radical (unpaired) electrons.